The number of hydrogen-bond acceptors (Lipinski definition) is 2. The molecule has 0 saturated heterocycles. The molecule has 0 aliphatic heterocycles. The van der Waals surface area contributed by atoms with E-state index in [1.165, 1.54) is 11.1 Å². The molecule has 1 unspecified atom stereocenters. The summed E-state index contributed by atoms with van der Waals surface area (Å²) in [5.41, 5.74) is 8.41. The van der Waals surface area contributed by atoms with Gasteiger partial charge in [0.25, 0.3) is 0 Å². The number of nitrogens with zero attached hydrogens (tertiary/aromatic N) is 1. The van der Waals surface area contributed by atoms with E-state index in [9.17, 15) is 0 Å². The third kappa shape index (κ3) is 2.56. The van der Waals surface area contributed by atoms with E-state index in [4.69, 9.17) is 5.73 Å². The van der Waals surface area contributed by atoms with Crippen LogP contribution in [0, 0.1) is 0 Å². The first-order chi connectivity index (χ1) is 6.69. The Morgan fingerprint density at radius 3 is 2.14 bits per heavy atom. The Bertz CT molecular complexity index is 264. The maximum absolute atomic E-state index is 5.73. The zero-order chi connectivity index (χ0) is 10.6. The zero-order valence-corrected chi connectivity index (χ0v) is 9.33. The second-order valence-corrected chi connectivity index (χ2v) is 3.81. The van der Waals surface area contributed by atoms with Gasteiger partial charge in [-0.1, -0.05) is 31.2 Å². The Kier molecular flexibility index (Phi) is 4.11. The summed E-state index contributed by atoms with van der Waals surface area (Å²) in [6, 6.07) is 9.05. The van der Waals surface area contributed by atoms with Crippen molar-refractivity contribution < 1.29 is 0 Å². The van der Waals surface area contributed by atoms with Crippen LogP contribution in [0.3, 0.4) is 0 Å². The highest BCUT2D eigenvalue weighted by Gasteiger charge is 2.10. The average molecular weight is 192 g/mol. The minimum atomic E-state index is 0.334. The summed E-state index contributed by atoms with van der Waals surface area (Å²) in [6.45, 7) is 2.83. The van der Waals surface area contributed by atoms with Crippen molar-refractivity contribution in [2.24, 2.45) is 5.73 Å². The molecule has 78 valence electrons. The Labute approximate surface area is 86.7 Å². The lowest BCUT2D eigenvalue weighted by Crippen LogP contribution is -2.27. The van der Waals surface area contributed by atoms with Crippen molar-refractivity contribution in [3.05, 3.63) is 35.4 Å². The SMILES string of the molecule is CCc1ccc(C(CN)N(C)C)cc1. The van der Waals surface area contributed by atoms with Crippen LogP contribution in [0.4, 0.5) is 0 Å². The quantitative estimate of drug-likeness (QED) is 0.788. The lowest BCUT2D eigenvalue weighted by molar-refractivity contribution is 0.306. The van der Waals surface area contributed by atoms with Crippen molar-refractivity contribution in [2.45, 2.75) is 19.4 Å². The van der Waals surface area contributed by atoms with E-state index in [2.05, 4.69) is 50.2 Å². The van der Waals surface area contributed by atoms with Gasteiger partial charge in [-0.25, -0.2) is 0 Å². The predicted octanol–water partition coefficient (Wildman–Crippen LogP) is 1.81. The molecule has 0 fully saturated rings. The highest BCUT2D eigenvalue weighted by molar-refractivity contribution is 5.25. The van der Waals surface area contributed by atoms with Gasteiger partial charge in [0.15, 0.2) is 0 Å². The fourth-order valence-electron chi connectivity index (χ4n) is 1.62. The summed E-state index contributed by atoms with van der Waals surface area (Å²) in [5, 5.41) is 0. The number of rotatable bonds is 4. The highest BCUT2D eigenvalue weighted by atomic mass is 15.1. The molecule has 2 nitrogen and oxygen atoms in total. The molecular weight excluding hydrogens is 172 g/mol. The standard InChI is InChI=1S/C12H20N2/c1-4-10-5-7-11(8-6-10)12(9-13)14(2)3/h5-8,12H,4,9,13H2,1-3H3. The van der Waals surface area contributed by atoms with E-state index >= 15 is 0 Å². The highest BCUT2D eigenvalue weighted by Crippen LogP contribution is 2.17. The molecule has 0 saturated carbocycles. The van der Waals surface area contributed by atoms with E-state index in [1.807, 2.05) is 0 Å². The van der Waals surface area contributed by atoms with Crippen LogP contribution < -0.4 is 5.73 Å². The van der Waals surface area contributed by atoms with Crippen LogP contribution in [0.1, 0.15) is 24.1 Å². The first-order valence-electron chi connectivity index (χ1n) is 5.14. The van der Waals surface area contributed by atoms with Gasteiger partial charge < -0.3 is 10.6 Å². The summed E-state index contributed by atoms with van der Waals surface area (Å²) in [4.78, 5) is 2.15. The minimum absolute atomic E-state index is 0.334. The van der Waals surface area contributed by atoms with Gasteiger partial charge in [0.1, 0.15) is 0 Å². The predicted molar refractivity (Wildman–Crippen MR) is 61.3 cm³/mol. The van der Waals surface area contributed by atoms with Crippen molar-refractivity contribution in [3.63, 3.8) is 0 Å². The van der Waals surface area contributed by atoms with Crippen LogP contribution in [0.2, 0.25) is 0 Å². The van der Waals surface area contributed by atoms with Gasteiger partial charge in [0.2, 0.25) is 0 Å². The number of hydrogen-bond donors (Lipinski definition) is 1. The van der Waals surface area contributed by atoms with E-state index in [0.29, 0.717) is 12.6 Å². The molecule has 0 spiro atoms. The molecule has 2 heteroatoms. The third-order valence-corrected chi connectivity index (χ3v) is 2.62. The summed E-state index contributed by atoms with van der Waals surface area (Å²) in [6.07, 6.45) is 1.09. The van der Waals surface area contributed by atoms with E-state index in [0.717, 1.165) is 6.42 Å². The van der Waals surface area contributed by atoms with Gasteiger partial charge in [0.05, 0.1) is 0 Å². The molecule has 1 rings (SSSR count). The van der Waals surface area contributed by atoms with Crippen LogP contribution in [0.15, 0.2) is 24.3 Å². The Balaban J connectivity index is 2.84. The molecule has 0 aliphatic carbocycles. The topological polar surface area (TPSA) is 29.3 Å². The van der Waals surface area contributed by atoms with Crippen LogP contribution in [-0.2, 0) is 6.42 Å². The molecule has 0 aliphatic rings. The van der Waals surface area contributed by atoms with Crippen LogP contribution in [-0.4, -0.2) is 25.5 Å². The molecule has 0 amide bonds. The Morgan fingerprint density at radius 2 is 1.79 bits per heavy atom. The molecule has 1 atom stereocenters. The second-order valence-electron chi connectivity index (χ2n) is 3.81. The van der Waals surface area contributed by atoms with Gasteiger partial charge in [-0.2, -0.15) is 0 Å². The van der Waals surface area contributed by atoms with Gasteiger partial charge in [0, 0.05) is 12.6 Å². The fourth-order valence-corrected chi connectivity index (χ4v) is 1.62. The maximum atomic E-state index is 5.73. The second kappa shape index (κ2) is 5.13. The fraction of sp³-hybridized carbons (Fsp3) is 0.500. The van der Waals surface area contributed by atoms with Crippen molar-refractivity contribution in [1.82, 2.24) is 4.90 Å². The van der Waals surface area contributed by atoms with Crippen molar-refractivity contribution in [1.29, 1.82) is 0 Å². The first kappa shape index (κ1) is 11.2. The average Bonchev–Trinajstić information content (AvgIpc) is 2.19. The van der Waals surface area contributed by atoms with Gasteiger partial charge in [-0.05, 0) is 31.6 Å². The summed E-state index contributed by atoms with van der Waals surface area (Å²) in [5.74, 6) is 0. The largest absolute Gasteiger partial charge is 0.329 e. The van der Waals surface area contributed by atoms with Crippen LogP contribution >= 0.6 is 0 Å². The normalized spacial score (nSPS) is 13.2. The number of benzene rings is 1. The van der Waals surface area contributed by atoms with Crippen molar-refractivity contribution in [2.75, 3.05) is 20.6 Å². The zero-order valence-electron chi connectivity index (χ0n) is 9.33. The smallest absolute Gasteiger partial charge is 0.0464 e. The third-order valence-electron chi connectivity index (χ3n) is 2.62. The van der Waals surface area contributed by atoms with Crippen LogP contribution in [0.5, 0.6) is 0 Å². The molecule has 0 heterocycles. The van der Waals surface area contributed by atoms with Crippen LogP contribution in [0.25, 0.3) is 0 Å². The van der Waals surface area contributed by atoms with Gasteiger partial charge in [-0.3, -0.25) is 0 Å². The molecule has 0 bridgehead atoms. The molecule has 1 aromatic carbocycles. The number of nitrogens with two attached hydrogens (primary N) is 1. The number of likely N-dealkylation sites (N-methyl/N-ethyl adjacent to an activating group) is 1. The molecule has 0 radical (unpaired) electrons. The molecular formula is C12H20N2. The summed E-state index contributed by atoms with van der Waals surface area (Å²) < 4.78 is 0. The monoisotopic (exact) mass is 192 g/mol. The maximum Gasteiger partial charge on any atom is 0.0464 e. The number of aryl methyl sites for hydroxylation is 1. The summed E-state index contributed by atoms with van der Waals surface area (Å²) in [7, 11) is 4.12. The van der Waals surface area contributed by atoms with Gasteiger partial charge in [-0.15, -0.1) is 0 Å². The molecule has 0 aromatic heterocycles. The molecule has 2 N–H and O–H groups in total. The van der Waals surface area contributed by atoms with E-state index in [1.54, 1.807) is 0 Å². The first-order valence-corrected chi connectivity index (χ1v) is 5.14. The van der Waals surface area contributed by atoms with Gasteiger partial charge >= 0.3 is 0 Å². The minimum Gasteiger partial charge on any atom is -0.329 e. The van der Waals surface area contributed by atoms with Crippen molar-refractivity contribution >= 4 is 0 Å². The van der Waals surface area contributed by atoms with E-state index in [-0.39, 0.29) is 0 Å². The van der Waals surface area contributed by atoms with Crippen molar-refractivity contribution in [3.8, 4) is 0 Å². The molecule has 14 heavy (non-hydrogen) atoms. The Morgan fingerprint density at radius 1 is 1.21 bits per heavy atom. The lowest BCUT2D eigenvalue weighted by atomic mass is 10.0. The Hall–Kier alpha value is -0.860. The lowest BCUT2D eigenvalue weighted by Gasteiger charge is -2.23. The van der Waals surface area contributed by atoms with E-state index < -0.39 is 0 Å². The summed E-state index contributed by atoms with van der Waals surface area (Å²) >= 11 is 0. The molecule has 1 aromatic rings.